The molecular weight excluding hydrogens is 422 g/mol. The van der Waals surface area contributed by atoms with E-state index in [0.29, 0.717) is 29.0 Å². The van der Waals surface area contributed by atoms with Gasteiger partial charge in [-0.1, -0.05) is 30.3 Å². The molecule has 1 atom stereocenters. The first kappa shape index (κ1) is 24.1. The Balaban J connectivity index is 2.06. The molecule has 3 aromatic rings. The van der Waals surface area contributed by atoms with Crippen molar-refractivity contribution in [3.63, 3.8) is 0 Å². The van der Waals surface area contributed by atoms with Crippen LogP contribution in [-0.4, -0.2) is 53.2 Å². The van der Waals surface area contributed by atoms with Gasteiger partial charge in [0, 0.05) is 20.1 Å². The van der Waals surface area contributed by atoms with Crippen LogP contribution in [-0.2, 0) is 19.1 Å². The molecule has 0 spiro atoms. The Bertz CT molecular complexity index is 1160. The summed E-state index contributed by atoms with van der Waals surface area (Å²) < 4.78 is 11.7. The lowest BCUT2D eigenvalue weighted by atomic mass is 10.1. The first-order chi connectivity index (χ1) is 16.0. The first-order valence-electron chi connectivity index (χ1n) is 11.0. The van der Waals surface area contributed by atoms with E-state index in [1.807, 2.05) is 43.3 Å². The summed E-state index contributed by atoms with van der Waals surface area (Å²) in [5.41, 5.74) is 1.01. The van der Waals surface area contributed by atoms with E-state index in [9.17, 15) is 14.4 Å². The Morgan fingerprint density at radius 1 is 1.06 bits per heavy atom. The Morgan fingerprint density at radius 3 is 2.45 bits per heavy atom. The van der Waals surface area contributed by atoms with Gasteiger partial charge in [-0.25, -0.2) is 4.98 Å². The molecule has 1 heterocycles. The number of fused-ring (bicyclic) bond motifs is 1. The third kappa shape index (κ3) is 5.64. The molecule has 33 heavy (non-hydrogen) atoms. The van der Waals surface area contributed by atoms with Crippen LogP contribution in [0.3, 0.4) is 0 Å². The molecule has 1 unspecified atom stereocenters. The average molecular weight is 452 g/mol. The fourth-order valence-corrected chi connectivity index (χ4v) is 3.71. The van der Waals surface area contributed by atoms with Gasteiger partial charge in [0.05, 0.1) is 42.3 Å². The zero-order valence-electron chi connectivity index (χ0n) is 19.2. The van der Waals surface area contributed by atoms with Crippen molar-refractivity contribution in [2.45, 2.75) is 32.7 Å². The van der Waals surface area contributed by atoms with Crippen LogP contribution in [0.15, 0.2) is 59.4 Å². The minimum atomic E-state index is -0.549. The van der Waals surface area contributed by atoms with Crippen molar-refractivity contribution in [2.24, 2.45) is 0 Å². The van der Waals surface area contributed by atoms with Gasteiger partial charge in [0.15, 0.2) is 0 Å². The number of ether oxygens (including phenoxy) is 2. The van der Waals surface area contributed by atoms with Crippen LogP contribution in [0, 0.1) is 0 Å². The van der Waals surface area contributed by atoms with E-state index in [0.717, 1.165) is 0 Å². The lowest BCUT2D eigenvalue weighted by Gasteiger charge is -2.30. The molecule has 0 saturated carbocycles. The van der Waals surface area contributed by atoms with E-state index in [-0.39, 0.29) is 37.5 Å². The SMILES string of the molecule is CCOC(=O)CCC(=O)N(CCOC)C(C)c1nc2ccccc2c(=O)n1-c1ccccc1. The van der Waals surface area contributed by atoms with E-state index in [1.165, 1.54) is 0 Å². The van der Waals surface area contributed by atoms with Gasteiger partial charge in [-0.15, -0.1) is 0 Å². The number of carbonyl (C=O) groups is 2. The second-order valence-electron chi connectivity index (χ2n) is 7.52. The molecule has 0 saturated heterocycles. The van der Waals surface area contributed by atoms with E-state index in [4.69, 9.17) is 14.5 Å². The number of esters is 1. The van der Waals surface area contributed by atoms with E-state index in [1.54, 1.807) is 41.7 Å². The second kappa shape index (κ2) is 11.4. The molecule has 0 radical (unpaired) electrons. The number of carbonyl (C=O) groups excluding carboxylic acids is 2. The number of benzene rings is 2. The highest BCUT2D eigenvalue weighted by Crippen LogP contribution is 2.23. The van der Waals surface area contributed by atoms with Gasteiger partial charge >= 0.3 is 5.97 Å². The standard InChI is InChI=1S/C25H29N3O5/c1-4-33-23(30)15-14-22(29)27(16-17-32-3)18(2)24-26-21-13-9-8-12-20(21)25(31)28(24)19-10-6-5-7-11-19/h5-13,18H,4,14-17H2,1-3H3. The van der Waals surface area contributed by atoms with Gasteiger partial charge in [-0.3, -0.25) is 19.0 Å². The summed E-state index contributed by atoms with van der Waals surface area (Å²) in [5.74, 6) is -0.227. The van der Waals surface area contributed by atoms with Gasteiger partial charge in [-0.2, -0.15) is 0 Å². The Labute approximate surface area is 192 Å². The lowest BCUT2D eigenvalue weighted by molar-refractivity contribution is -0.146. The van der Waals surface area contributed by atoms with Gasteiger partial charge < -0.3 is 14.4 Å². The maximum Gasteiger partial charge on any atom is 0.306 e. The molecule has 1 amide bonds. The monoisotopic (exact) mass is 451 g/mol. The normalized spacial score (nSPS) is 11.8. The quantitative estimate of drug-likeness (QED) is 0.440. The van der Waals surface area contributed by atoms with E-state index < -0.39 is 12.0 Å². The Hall–Kier alpha value is -3.52. The number of nitrogens with zero attached hydrogens (tertiary/aromatic N) is 3. The molecule has 0 aliphatic heterocycles. The van der Waals surface area contributed by atoms with Crippen LogP contribution in [0.4, 0.5) is 0 Å². The topological polar surface area (TPSA) is 90.7 Å². The molecule has 174 valence electrons. The molecule has 0 bridgehead atoms. The summed E-state index contributed by atoms with van der Waals surface area (Å²) in [5, 5.41) is 0.495. The predicted molar refractivity (Wildman–Crippen MR) is 125 cm³/mol. The minimum absolute atomic E-state index is 0.00393. The maximum absolute atomic E-state index is 13.5. The Morgan fingerprint density at radius 2 is 1.76 bits per heavy atom. The predicted octanol–water partition coefficient (Wildman–Crippen LogP) is 3.27. The second-order valence-corrected chi connectivity index (χ2v) is 7.52. The molecule has 2 aromatic carbocycles. The molecule has 3 rings (SSSR count). The van der Waals surface area contributed by atoms with Crippen LogP contribution < -0.4 is 5.56 Å². The van der Waals surface area contributed by atoms with Crippen molar-refractivity contribution in [3.05, 3.63) is 70.8 Å². The lowest BCUT2D eigenvalue weighted by Crippen LogP contribution is -2.39. The zero-order chi connectivity index (χ0) is 23.8. The van der Waals surface area contributed by atoms with Crippen molar-refractivity contribution in [2.75, 3.05) is 26.9 Å². The molecule has 8 nitrogen and oxygen atoms in total. The van der Waals surface area contributed by atoms with E-state index in [2.05, 4.69) is 0 Å². The summed E-state index contributed by atoms with van der Waals surface area (Å²) in [6, 6.07) is 15.8. The van der Waals surface area contributed by atoms with Crippen molar-refractivity contribution < 1.29 is 19.1 Å². The minimum Gasteiger partial charge on any atom is -0.466 e. The van der Waals surface area contributed by atoms with Crippen molar-refractivity contribution in [1.29, 1.82) is 0 Å². The van der Waals surface area contributed by atoms with Gasteiger partial charge in [0.25, 0.3) is 5.56 Å². The summed E-state index contributed by atoms with van der Waals surface area (Å²) in [4.78, 5) is 44.8. The van der Waals surface area contributed by atoms with Crippen molar-refractivity contribution >= 4 is 22.8 Å². The highest BCUT2D eigenvalue weighted by molar-refractivity contribution is 5.82. The molecule has 0 fully saturated rings. The van der Waals surface area contributed by atoms with Gasteiger partial charge in [0.1, 0.15) is 5.82 Å². The number of hydrogen-bond donors (Lipinski definition) is 0. The van der Waals surface area contributed by atoms with Crippen LogP contribution in [0.1, 0.15) is 38.6 Å². The third-order valence-corrected chi connectivity index (χ3v) is 5.36. The summed E-state index contributed by atoms with van der Waals surface area (Å²) in [6.07, 6.45) is -0.0183. The number of amides is 1. The number of para-hydroxylation sites is 2. The van der Waals surface area contributed by atoms with Crippen molar-refractivity contribution in [3.8, 4) is 5.69 Å². The first-order valence-corrected chi connectivity index (χ1v) is 11.0. The zero-order valence-corrected chi connectivity index (χ0v) is 19.2. The summed E-state index contributed by atoms with van der Waals surface area (Å²) in [6.45, 7) is 4.41. The fourth-order valence-electron chi connectivity index (χ4n) is 3.71. The molecule has 0 aliphatic rings. The highest BCUT2D eigenvalue weighted by Gasteiger charge is 2.27. The summed E-state index contributed by atoms with van der Waals surface area (Å²) >= 11 is 0. The maximum atomic E-state index is 13.5. The van der Waals surface area contributed by atoms with Crippen LogP contribution in [0.25, 0.3) is 16.6 Å². The number of methoxy groups -OCH3 is 1. The van der Waals surface area contributed by atoms with Crippen LogP contribution in [0.2, 0.25) is 0 Å². The number of hydrogen-bond acceptors (Lipinski definition) is 6. The third-order valence-electron chi connectivity index (χ3n) is 5.36. The molecule has 0 N–H and O–H groups in total. The molecule has 8 heteroatoms. The molecule has 0 aliphatic carbocycles. The van der Waals surface area contributed by atoms with Gasteiger partial charge in [-0.05, 0) is 38.1 Å². The van der Waals surface area contributed by atoms with Crippen LogP contribution >= 0.6 is 0 Å². The Kier molecular flexibility index (Phi) is 8.32. The number of rotatable bonds is 10. The van der Waals surface area contributed by atoms with Gasteiger partial charge in [0.2, 0.25) is 5.91 Å². The van der Waals surface area contributed by atoms with Crippen LogP contribution in [0.5, 0.6) is 0 Å². The largest absolute Gasteiger partial charge is 0.466 e. The summed E-state index contributed by atoms with van der Waals surface area (Å²) in [7, 11) is 1.56. The fraction of sp³-hybridized carbons (Fsp3) is 0.360. The molecular formula is C25H29N3O5. The van der Waals surface area contributed by atoms with Crippen molar-refractivity contribution in [1.82, 2.24) is 14.5 Å². The number of aromatic nitrogens is 2. The highest BCUT2D eigenvalue weighted by atomic mass is 16.5. The smallest absolute Gasteiger partial charge is 0.306 e. The van der Waals surface area contributed by atoms with E-state index >= 15 is 0 Å². The average Bonchev–Trinajstić information content (AvgIpc) is 2.83. The molecule has 1 aromatic heterocycles.